The number of nitriles is 1. The number of rotatable bonds is 6. The summed E-state index contributed by atoms with van der Waals surface area (Å²) in [6.07, 6.45) is 7.98. The molecular formula is C22H23FN8O2S. The van der Waals surface area contributed by atoms with Crippen molar-refractivity contribution < 1.29 is 12.8 Å². The first-order valence-corrected chi connectivity index (χ1v) is 12.8. The average molecular weight is 483 g/mol. The molecule has 5 rings (SSSR count). The Labute approximate surface area is 196 Å². The molecule has 1 saturated heterocycles. The zero-order chi connectivity index (χ0) is 23.9. The van der Waals surface area contributed by atoms with Crippen molar-refractivity contribution in [2.75, 3.05) is 36.1 Å². The van der Waals surface area contributed by atoms with E-state index in [1.807, 2.05) is 6.20 Å². The van der Waals surface area contributed by atoms with Crippen LogP contribution in [0.2, 0.25) is 0 Å². The summed E-state index contributed by atoms with van der Waals surface area (Å²) in [5.74, 6) is 0.292. The van der Waals surface area contributed by atoms with Gasteiger partial charge in [0.2, 0.25) is 0 Å². The predicted molar refractivity (Wildman–Crippen MR) is 122 cm³/mol. The van der Waals surface area contributed by atoms with Crippen molar-refractivity contribution in [1.82, 2.24) is 24.7 Å². The van der Waals surface area contributed by atoms with Crippen LogP contribution in [0.1, 0.15) is 24.4 Å². The van der Waals surface area contributed by atoms with Crippen LogP contribution in [0.25, 0.3) is 11.3 Å². The highest BCUT2D eigenvalue weighted by molar-refractivity contribution is 7.90. The molecule has 0 aliphatic carbocycles. The molecule has 3 aromatic heterocycles. The largest absolute Gasteiger partial charge is 0.369 e. The number of anilines is 2. The van der Waals surface area contributed by atoms with Gasteiger partial charge in [0.15, 0.2) is 26.5 Å². The lowest BCUT2D eigenvalue weighted by molar-refractivity contribution is 0.331. The predicted octanol–water partition coefficient (Wildman–Crippen LogP) is 2.23. The van der Waals surface area contributed by atoms with Crippen molar-refractivity contribution >= 4 is 21.5 Å². The molecule has 176 valence electrons. The number of hydrogen-bond donors (Lipinski definition) is 1. The third-order valence-corrected chi connectivity index (χ3v) is 7.37. The molecule has 0 unspecified atom stereocenters. The summed E-state index contributed by atoms with van der Waals surface area (Å²) >= 11 is 0. The fourth-order valence-corrected chi connectivity index (χ4v) is 5.27. The lowest BCUT2D eigenvalue weighted by atomic mass is 9.96. The van der Waals surface area contributed by atoms with Crippen LogP contribution in [0.5, 0.6) is 0 Å². The Kier molecular flexibility index (Phi) is 5.65. The minimum absolute atomic E-state index is 0.00766. The molecule has 0 saturated carbocycles. The molecule has 2 aliphatic rings. The summed E-state index contributed by atoms with van der Waals surface area (Å²) in [7, 11) is -3.56. The molecule has 2 aliphatic heterocycles. The van der Waals surface area contributed by atoms with Crippen molar-refractivity contribution in [2.24, 2.45) is 5.92 Å². The highest BCUT2D eigenvalue weighted by Gasteiger charge is 2.33. The van der Waals surface area contributed by atoms with E-state index < -0.39 is 15.7 Å². The quantitative estimate of drug-likeness (QED) is 0.562. The smallest absolute Gasteiger partial charge is 0.192 e. The number of aromatic nitrogens is 5. The first-order valence-electron chi connectivity index (χ1n) is 11.0. The molecule has 5 heterocycles. The third kappa shape index (κ3) is 4.07. The van der Waals surface area contributed by atoms with E-state index in [1.165, 1.54) is 12.4 Å². The molecule has 1 N–H and O–H groups in total. The summed E-state index contributed by atoms with van der Waals surface area (Å²) in [6.45, 7) is 1.75. The number of nitrogens with one attached hydrogen (secondary N) is 1. The van der Waals surface area contributed by atoms with Gasteiger partial charge in [-0.15, -0.1) is 0 Å². The van der Waals surface area contributed by atoms with Gasteiger partial charge in [-0.05, 0) is 25.0 Å². The molecule has 0 bridgehead atoms. The minimum atomic E-state index is -3.56. The van der Waals surface area contributed by atoms with E-state index in [0.29, 0.717) is 19.5 Å². The molecule has 0 spiro atoms. The van der Waals surface area contributed by atoms with Gasteiger partial charge in [-0.3, -0.25) is 4.68 Å². The molecule has 0 aromatic carbocycles. The zero-order valence-electron chi connectivity index (χ0n) is 18.5. The number of hydrogen-bond acceptors (Lipinski definition) is 9. The topological polar surface area (TPSA) is 130 Å². The average Bonchev–Trinajstić information content (AvgIpc) is 3.57. The standard InChI is InChI=1S/C22H23FN8O2S/c1-34(32,33)19-3-2-17(23)22(29-19)30-9-6-14(11-30)18(4-7-24)31-12-15(10-28-31)20-16-5-8-25-21(16)27-13-26-20/h2-3,10,12-14,18H,4-6,8-9,11H2,1H3,(H,25,26,27)/t14-,18-/m0/s1. The van der Waals surface area contributed by atoms with Crippen LogP contribution >= 0.6 is 0 Å². The van der Waals surface area contributed by atoms with Gasteiger partial charge in [0.25, 0.3) is 0 Å². The second kappa shape index (κ2) is 8.64. The fraction of sp³-hybridized carbons (Fsp3) is 0.409. The van der Waals surface area contributed by atoms with Gasteiger partial charge < -0.3 is 10.2 Å². The minimum Gasteiger partial charge on any atom is -0.369 e. The summed E-state index contributed by atoms with van der Waals surface area (Å²) < 4.78 is 40.1. The first-order chi connectivity index (χ1) is 16.3. The summed E-state index contributed by atoms with van der Waals surface area (Å²) in [5.41, 5.74) is 2.74. The lowest BCUT2D eigenvalue weighted by Gasteiger charge is -2.23. The van der Waals surface area contributed by atoms with Crippen molar-refractivity contribution in [3.63, 3.8) is 0 Å². The monoisotopic (exact) mass is 482 g/mol. The first kappa shape index (κ1) is 22.2. The van der Waals surface area contributed by atoms with E-state index in [1.54, 1.807) is 15.8 Å². The number of sulfone groups is 1. The van der Waals surface area contributed by atoms with Gasteiger partial charge in [-0.25, -0.2) is 27.8 Å². The van der Waals surface area contributed by atoms with E-state index in [0.717, 1.165) is 47.9 Å². The highest BCUT2D eigenvalue weighted by atomic mass is 32.2. The Bertz CT molecular complexity index is 1380. The Balaban J connectivity index is 1.40. The van der Waals surface area contributed by atoms with Crippen molar-refractivity contribution in [3.8, 4) is 17.3 Å². The van der Waals surface area contributed by atoms with Crippen LogP contribution < -0.4 is 10.2 Å². The summed E-state index contributed by atoms with van der Waals surface area (Å²) in [6, 6.07) is 4.32. The van der Waals surface area contributed by atoms with Crippen LogP contribution in [-0.2, 0) is 16.3 Å². The van der Waals surface area contributed by atoms with Crippen LogP contribution in [0.15, 0.2) is 35.9 Å². The maximum absolute atomic E-state index is 14.5. The van der Waals surface area contributed by atoms with Gasteiger partial charge in [0, 0.05) is 49.1 Å². The van der Waals surface area contributed by atoms with Crippen LogP contribution in [0.4, 0.5) is 16.0 Å². The number of halogens is 1. The molecule has 34 heavy (non-hydrogen) atoms. The third-order valence-electron chi connectivity index (χ3n) is 6.38. The molecule has 1 fully saturated rings. The number of fused-ring (bicyclic) bond motifs is 1. The van der Waals surface area contributed by atoms with Crippen LogP contribution in [-0.4, -0.2) is 59.0 Å². The van der Waals surface area contributed by atoms with E-state index in [4.69, 9.17) is 0 Å². The molecule has 3 aromatic rings. The molecule has 0 amide bonds. The van der Waals surface area contributed by atoms with Crippen LogP contribution in [0.3, 0.4) is 0 Å². The van der Waals surface area contributed by atoms with E-state index in [9.17, 15) is 18.1 Å². The molecule has 10 nitrogen and oxygen atoms in total. The van der Waals surface area contributed by atoms with Gasteiger partial charge in [0.05, 0.1) is 30.4 Å². The van der Waals surface area contributed by atoms with Crippen LogP contribution in [0, 0.1) is 23.1 Å². The lowest BCUT2D eigenvalue weighted by Crippen LogP contribution is -2.26. The second-order valence-corrected chi connectivity index (χ2v) is 10.5. The van der Waals surface area contributed by atoms with Crippen molar-refractivity contribution in [2.45, 2.75) is 30.3 Å². The maximum Gasteiger partial charge on any atom is 0.192 e. The number of pyridine rings is 1. The molecule has 2 atom stereocenters. The normalized spacial score (nSPS) is 18.4. The van der Waals surface area contributed by atoms with E-state index in [2.05, 4.69) is 31.4 Å². The van der Waals surface area contributed by atoms with E-state index in [-0.39, 0.29) is 29.2 Å². The van der Waals surface area contributed by atoms with Gasteiger partial charge in [0.1, 0.15) is 12.1 Å². The highest BCUT2D eigenvalue weighted by Crippen LogP contribution is 2.35. The fourth-order valence-electron chi connectivity index (χ4n) is 4.70. The molecule has 0 radical (unpaired) electrons. The van der Waals surface area contributed by atoms with E-state index >= 15 is 0 Å². The van der Waals surface area contributed by atoms with Gasteiger partial charge in [-0.2, -0.15) is 10.4 Å². The van der Waals surface area contributed by atoms with Gasteiger partial charge >= 0.3 is 0 Å². The Morgan fingerprint density at radius 1 is 1.35 bits per heavy atom. The molecular weight excluding hydrogens is 459 g/mol. The SMILES string of the molecule is CS(=O)(=O)c1ccc(F)c(N2CC[C@H]([C@H](CC#N)n3cc(-c4ncnc5c4CCN5)cn3)C2)n1. The Hall–Kier alpha value is -3.59. The van der Waals surface area contributed by atoms with Gasteiger partial charge in [-0.1, -0.05) is 0 Å². The maximum atomic E-state index is 14.5. The Morgan fingerprint density at radius 3 is 3.00 bits per heavy atom. The van der Waals surface area contributed by atoms with Crippen molar-refractivity contribution in [1.29, 1.82) is 5.26 Å². The number of nitrogens with zero attached hydrogens (tertiary/aromatic N) is 7. The second-order valence-electron chi connectivity index (χ2n) is 8.59. The zero-order valence-corrected chi connectivity index (χ0v) is 19.3. The Morgan fingerprint density at radius 2 is 2.21 bits per heavy atom. The molecule has 12 heteroatoms. The summed E-state index contributed by atoms with van der Waals surface area (Å²) in [5, 5.41) is 17.1. The summed E-state index contributed by atoms with van der Waals surface area (Å²) in [4.78, 5) is 14.5. The van der Waals surface area contributed by atoms with Crippen molar-refractivity contribution in [3.05, 3.63) is 42.2 Å².